The molecule has 4 aromatic carbocycles. The number of para-hydroxylation sites is 1. The van der Waals surface area contributed by atoms with Crippen LogP contribution < -0.4 is 70.4 Å². The van der Waals surface area contributed by atoms with Crippen LogP contribution in [0.25, 0.3) is 10.9 Å². The number of carboxylic acids is 1. The molecule has 0 aliphatic carbocycles. The third-order valence-electron chi connectivity index (χ3n) is 16.8. The van der Waals surface area contributed by atoms with Gasteiger partial charge in [-0.3, -0.25) is 52.7 Å². The maximum absolute atomic E-state index is 15.2. The van der Waals surface area contributed by atoms with Crippen LogP contribution in [0.3, 0.4) is 0 Å². The van der Waals surface area contributed by atoms with Crippen molar-refractivity contribution in [2.45, 2.75) is 144 Å². The number of aromatic nitrogens is 1. The number of fused-ring (bicyclic) bond motifs is 1. The van der Waals surface area contributed by atoms with E-state index in [1.807, 2.05) is 17.4 Å². The molecule has 0 saturated carbocycles. The molecule has 6 rings (SSSR count). The maximum Gasteiger partial charge on any atom is 0.328 e. The van der Waals surface area contributed by atoms with Gasteiger partial charge in [-0.1, -0.05) is 72.8 Å². The smallest absolute Gasteiger partial charge is 0.328 e. The van der Waals surface area contributed by atoms with Crippen molar-refractivity contribution in [3.05, 3.63) is 132 Å². The number of amides is 11. The highest BCUT2D eigenvalue weighted by molar-refractivity contribution is 7.99. The number of thioether (sulfide) groups is 1. The molecule has 32 nitrogen and oxygen atoms in total. The number of rotatable bonds is 32. The van der Waals surface area contributed by atoms with Crippen LogP contribution in [-0.2, 0) is 83.2 Å². The van der Waals surface area contributed by atoms with Gasteiger partial charge in [0.15, 0.2) is 0 Å². The number of phenolic OH excluding ortho intramolecular Hbond substituents is 1. The Morgan fingerprint density at radius 1 is 0.637 bits per heavy atom. The van der Waals surface area contributed by atoms with Crippen LogP contribution in [0.5, 0.6) is 5.75 Å². The van der Waals surface area contributed by atoms with Gasteiger partial charge in [0, 0.05) is 67.8 Å². The first-order valence-corrected chi connectivity index (χ1v) is 34.7. The zero-order valence-electron chi connectivity index (χ0n) is 56.5. The van der Waals surface area contributed by atoms with Gasteiger partial charge in [0.25, 0.3) is 0 Å². The standard InChI is InChI=1S/C68H91N15O17S2/c1-36(85)56-65(96)78-51(29-38-11-5-4-6-12-38)67(98)83(3)54(64(95)77-49(28-40-18-22-43(87)23-19-40)60(91)76-50(30-41-31-72-46-14-8-7-13-44(41)46)62(93)74-47(59(90)81-56)15-9-10-25-69)24-26-102-35-55(88)73-32-45(71)58(89)75-48(27-39-16-20-42(70)21-17-39)61(92)80-53(34-101)63(94)82-57(37(2)86)66(97)79-52(33-84)68(99)100/h4-8,11-14,16-23,31,36-37,45,47-54,56-57,72,84-87,101H,9-10,15,24-30,32-35,69-71H2,1-3H3,(H,73,88)(H,74,93)(H,75,89)(H,76,91)(H,77,95)(H,78,96)(H,79,97)(H,80,92)(H,81,90)(H,82,94)(H,99,100)/t36-,37-,45+,47+,48+,49+,50-,51+,52+,53+,54+,56+,57+/m1/s1. The number of benzene rings is 4. The molecule has 11 amide bonds. The zero-order chi connectivity index (χ0) is 74.7. The number of nitrogens with two attached hydrogens (primary N) is 3. The number of carbonyl (C=O) groups is 12. The molecule has 1 aromatic heterocycles. The first kappa shape index (κ1) is 81.1. The Morgan fingerprint density at radius 2 is 1.21 bits per heavy atom. The van der Waals surface area contributed by atoms with Crippen molar-refractivity contribution in [2.75, 3.05) is 49.7 Å². The van der Waals surface area contributed by atoms with Gasteiger partial charge in [-0.25, -0.2) is 4.79 Å². The van der Waals surface area contributed by atoms with E-state index in [1.165, 1.54) is 50.4 Å². The van der Waals surface area contributed by atoms with Crippen LogP contribution >= 0.6 is 24.4 Å². The molecule has 1 saturated heterocycles. The Hall–Kier alpha value is -9.84. The fourth-order valence-corrected chi connectivity index (χ4v) is 12.0. The number of hydrogen-bond donors (Lipinski definition) is 20. The maximum atomic E-state index is 15.2. The van der Waals surface area contributed by atoms with E-state index >= 15 is 14.4 Å². The van der Waals surface area contributed by atoms with E-state index in [0.29, 0.717) is 51.7 Å². The number of aromatic amines is 1. The number of hydrogen-bond acceptors (Lipinski definition) is 21. The van der Waals surface area contributed by atoms with Crippen molar-refractivity contribution in [3.63, 3.8) is 0 Å². The van der Waals surface area contributed by atoms with Crippen molar-refractivity contribution < 1.29 is 83.1 Å². The fourth-order valence-electron chi connectivity index (χ4n) is 10.9. The monoisotopic (exact) mass is 1450 g/mol. The van der Waals surface area contributed by atoms with Gasteiger partial charge in [-0.05, 0) is 104 Å². The van der Waals surface area contributed by atoms with Crippen molar-refractivity contribution in [1.29, 1.82) is 0 Å². The largest absolute Gasteiger partial charge is 0.508 e. The molecule has 0 radical (unpaired) electrons. The molecule has 22 N–H and O–H groups in total. The number of H-pyrrole nitrogens is 1. The number of unbranched alkanes of at least 4 members (excludes halogenated alkanes) is 1. The van der Waals surface area contributed by atoms with Gasteiger partial charge in [-0.2, -0.15) is 24.4 Å². The van der Waals surface area contributed by atoms with Gasteiger partial charge >= 0.3 is 5.97 Å². The van der Waals surface area contributed by atoms with E-state index in [9.17, 15) is 68.7 Å². The summed E-state index contributed by atoms with van der Waals surface area (Å²) in [5.74, 6) is -12.5. The number of carbonyl (C=O) groups excluding carboxylic acids is 11. The van der Waals surface area contributed by atoms with Crippen molar-refractivity contribution in [3.8, 4) is 5.75 Å². The van der Waals surface area contributed by atoms with E-state index in [2.05, 4.69) is 65.5 Å². The number of aliphatic hydroxyl groups is 3. The third-order valence-corrected chi connectivity index (χ3v) is 18.1. The molecule has 1 fully saturated rings. The summed E-state index contributed by atoms with van der Waals surface area (Å²) in [6, 6.07) is 10.7. The molecule has 13 atom stereocenters. The molecule has 1 aliphatic rings. The van der Waals surface area contributed by atoms with Gasteiger partial charge in [0.05, 0.1) is 24.6 Å². The number of aliphatic carboxylic acids is 1. The number of likely N-dealkylation sites (N-methyl/N-ethyl adjacent to an activating group) is 1. The van der Waals surface area contributed by atoms with E-state index < -0.39 is 169 Å². The highest BCUT2D eigenvalue weighted by Gasteiger charge is 2.40. The van der Waals surface area contributed by atoms with Crippen molar-refractivity contribution >= 4 is 112 Å². The van der Waals surface area contributed by atoms with Gasteiger partial charge in [0.2, 0.25) is 65.0 Å². The Labute approximate surface area is 597 Å². The molecule has 1 aliphatic heterocycles. The molecule has 102 heavy (non-hydrogen) atoms. The predicted octanol–water partition coefficient (Wildman–Crippen LogP) is -3.61. The lowest BCUT2D eigenvalue weighted by molar-refractivity contribution is -0.144. The highest BCUT2D eigenvalue weighted by atomic mass is 32.2. The van der Waals surface area contributed by atoms with Crippen LogP contribution in [0.4, 0.5) is 5.69 Å². The average Bonchev–Trinajstić information content (AvgIpc) is 1.56. The normalized spacial score (nSPS) is 20.0. The van der Waals surface area contributed by atoms with Crippen LogP contribution in [0.2, 0.25) is 0 Å². The van der Waals surface area contributed by atoms with Gasteiger partial charge in [0.1, 0.15) is 72.2 Å². The van der Waals surface area contributed by atoms with Crippen LogP contribution in [-0.4, -0.2) is 229 Å². The molecule has 0 unspecified atom stereocenters. The number of anilines is 1. The fraction of sp³-hybridized carbons (Fsp3) is 0.441. The van der Waals surface area contributed by atoms with Crippen molar-refractivity contribution in [2.24, 2.45) is 11.5 Å². The minimum absolute atomic E-state index is 0.00768. The summed E-state index contributed by atoms with van der Waals surface area (Å²) in [7, 11) is 1.30. The summed E-state index contributed by atoms with van der Waals surface area (Å²) < 4.78 is 0. The Morgan fingerprint density at radius 3 is 1.84 bits per heavy atom. The number of carboxylic acid groups (broad SMARTS) is 1. The Balaban J connectivity index is 1.24. The average molecular weight is 1450 g/mol. The second kappa shape index (κ2) is 40.0. The summed E-state index contributed by atoms with van der Waals surface area (Å²) >= 11 is 5.16. The number of aliphatic hydroxyl groups excluding tert-OH is 3. The van der Waals surface area contributed by atoms with Crippen LogP contribution in [0.15, 0.2) is 109 Å². The molecular formula is C68H91N15O17S2. The molecule has 2 heterocycles. The minimum Gasteiger partial charge on any atom is -0.508 e. The summed E-state index contributed by atoms with van der Waals surface area (Å²) in [5, 5.41) is 76.5. The van der Waals surface area contributed by atoms with Crippen LogP contribution in [0.1, 0.15) is 61.8 Å². The quantitative estimate of drug-likeness (QED) is 0.0112. The summed E-state index contributed by atoms with van der Waals surface area (Å²) in [5.41, 5.74) is 21.2. The summed E-state index contributed by atoms with van der Waals surface area (Å²) in [6.45, 7) is 1.10. The van der Waals surface area contributed by atoms with Crippen molar-refractivity contribution in [1.82, 2.24) is 63.1 Å². The number of nitrogen functional groups attached to an aromatic ring is 1. The van der Waals surface area contributed by atoms with Gasteiger partial charge < -0.3 is 106 Å². The molecule has 5 aromatic rings. The Bertz CT molecular complexity index is 3700. The SMILES string of the molecule is C[C@@H](O)[C@H](NC(=O)[C@H](CS)NC(=O)[C@H](Cc1ccc(N)cc1)NC(=O)[C@@H](N)CNC(=O)CSCC[C@H]1C(=O)N[C@@H](Cc2ccc(O)cc2)C(=O)N[C@H](Cc2c[nH]c3ccccc23)C(=O)N[C@@H](CCCCN)C(=O)N[C@@H]([C@@H](C)O)C(=O)N[C@@H](Cc2ccccc2)C(=O)N1C)C(=O)N[C@@H](CO)C(=O)O. The predicted molar refractivity (Wildman–Crippen MR) is 380 cm³/mol. The second-order valence-electron chi connectivity index (χ2n) is 24.7. The number of thiol groups is 1. The summed E-state index contributed by atoms with van der Waals surface area (Å²) in [6.07, 6.45) is -1.73. The highest BCUT2D eigenvalue weighted by Crippen LogP contribution is 2.22. The number of nitrogens with zero attached hydrogens (tertiary/aromatic N) is 1. The lowest BCUT2D eigenvalue weighted by Crippen LogP contribution is -2.63. The van der Waals surface area contributed by atoms with E-state index in [1.54, 1.807) is 60.8 Å². The number of phenols is 1. The number of nitrogens with one attached hydrogen (secondary N) is 11. The third kappa shape index (κ3) is 24.5. The first-order chi connectivity index (χ1) is 48.6. The molecule has 0 spiro atoms. The first-order valence-electron chi connectivity index (χ1n) is 32.9. The summed E-state index contributed by atoms with van der Waals surface area (Å²) in [4.78, 5) is 173. The molecule has 34 heteroatoms. The van der Waals surface area contributed by atoms with E-state index in [-0.39, 0.29) is 62.3 Å². The topological polar surface area (TPSA) is 523 Å². The molecule has 552 valence electrons. The van der Waals surface area contributed by atoms with E-state index in [4.69, 9.17) is 17.2 Å². The van der Waals surface area contributed by atoms with Crippen LogP contribution in [0, 0.1) is 0 Å². The lowest BCUT2D eigenvalue weighted by Gasteiger charge is -2.33. The van der Waals surface area contributed by atoms with Gasteiger partial charge in [-0.15, -0.1) is 0 Å². The number of aromatic hydroxyl groups is 1. The molecular weight excluding hydrogens is 1360 g/mol. The Kier molecular flexibility index (Phi) is 31.8. The zero-order valence-corrected chi connectivity index (χ0v) is 58.2. The second-order valence-corrected chi connectivity index (χ2v) is 26.1. The lowest BCUT2D eigenvalue weighted by atomic mass is 10.00. The molecule has 0 bridgehead atoms. The van der Waals surface area contributed by atoms with E-state index in [0.717, 1.165) is 23.6 Å². The minimum atomic E-state index is -1.78.